The monoisotopic (exact) mass is 289 g/mol. The van der Waals surface area contributed by atoms with Crippen LogP contribution in [0.15, 0.2) is 4.52 Å². The molecule has 5 nitrogen and oxygen atoms in total. The van der Waals surface area contributed by atoms with E-state index >= 15 is 0 Å². The van der Waals surface area contributed by atoms with E-state index in [1.807, 2.05) is 0 Å². The summed E-state index contributed by atoms with van der Waals surface area (Å²) in [5.74, 6) is 0.343. The molecule has 2 heterocycles. The summed E-state index contributed by atoms with van der Waals surface area (Å²) in [5.41, 5.74) is 2.64. The van der Waals surface area contributed by atoms with Crippen molar-refractivity contribution in [3.63, 3.8) is 0 Å². The fourth-order valence-corrected chi connectivity index (χ4v) is 4.45. The lowest BCUT2D eigenvalue weighted by Crippen LogP contribution is -2.39. The van der Waals surface area contributed by atoms with Crippen molar-refractivity contribution in [3.05, 3.63) is 17.0 Å². The largest absolute Gasteiger partial charge is 0.350 e. The Labute approximate surface area is 125 Å². The van der Waals surface area contributed by atoms with Crippen molar-refractivity contribution in [1.82, 2.24) is 15.4 Å². The second-order valence-corrected chi connectivity index (χ2v) is 7.64. The van der Waals surface area contributed by atoms with Gasteiger partial charge in [0.05, 0.1) is 5.69 Å². The molecule has 1 aromatic rings. The Hall–Kier alpha value is -1.36. The van der Waals surface area contributed by atoms with Crippen LogP contribution in [0.1, 0.15) is 54.9 Å². The van der Waals surface area contributed by atoms with Crippen LogP contribution in [0, 0.1) is 10.8 Å². The lowest BCUT2D eigenvalue weighted by Gasteiger charge is -2.23. The van der Waals surface area contributed by atoms with Gasteiger partial charge in [0, 0.05) is 31.1 Å². The first-order valence-corrected chi connectivity index (χ1v) is 7.90. The van der Waals surface area contributed by atoms with Crippen molar-refractivity contribution in [2.24, 2.45) is 10.8 Å². The summed E-state index contributed by atoms with van der Waals surface area (Å²) in [6, 6.07) is 0.275. The molecule has 3 unspecified atom stereocenters. The van der Waals surface area contributed by atoms with Crippen LogP contribution in [0.2, 0.25) is 0 Å². The van der Waals surface area contributed by atoms with Crippen LogP contribution in [0.4, 0.5) is 0 Å². The second-order valence-electron chi connectivity index (χ2n) is 7.64. The van der Waals surface area contributed by atoms with Crippen LogP contribution in [-0.2, 0) is 13.0 Å². The molecule has 2 fully saturated rings. The molecule has 0 spiro atoms. The minimum Gasteiger partial charge on any atom is -0.350 e. The van der Waals surface area contributed by atoms with Gasteiger partial charge in [0.25, 0.3) is 5.91 Å². The second kappa shape index (κ2) is 4.09. The maximum Gasteiger partial charge on any atom is 0.290 e. The van der Waals surface area contributed by atoms with E-state index in [9.17, 15) is 4.79 Å². The Morgan fingerprint density at radius 3 is 2.95 bits per heavy atom. The highest BCUT2D eigenvalue weighted by atomic mass is 16.5. The Morgan fingerprint density at radius 2 is 2.29 bits per heavy atom. The van der Waals surface area contributed by atoms with Crippen LogP contribution < -0.4 is 5.32 Å². The molecular weight excluding hydrogens is 266 g/mol. The molecule has 0 radical (unpaired) electrons. The van der Waals surface area contributed by atoms with Crippen molar-refractivity contribution < 1.29 is 9.32 Å². The number of carbonyl (C=O) groups excluding carboxylic acids is 1. The number of rotatable bonds is 2. The molecule has 114 valence electrons. The number of fused-ring (bicyclic) bond motifs is 2. The van der Waals surface area contributed by atoms with Crippen molar-refractivity contribution in [1.29, 1.82) is 0 Å². The van der Waals surface area contributed by atoms with Crippen LogP contribution in [0.25, 0.3) is 0 Å². The number of aromatic nitrogens is 1. The Balaban J connectivity index is 1.53. The van der Waals surface area contributed by atoms with E-state index in [0.29, 0.717) is 11.2 Å². The zero-order valence-corrected chi connectivity index (χ0v) is 13.0. The number of nitrogens with zero attached hydrogens (tertiary/aromatic N) is 2. The third-order valence-corrected chi connectivity index (χ3v) is 6.30. The lowest BCUT2D eigenvalue weighted by atomic mass is 9.97. The number of hydrogen-bond donors (Lipinski definition) is 1. The highest BCUT2D eigenvalue weighted by Crippen LogP contribution is 2.72. The van der Waals surface area contributed by atoms with E-state index in [-0.39, 0.29) is 17.4 Å². The Bertz CT molecular complexity index is 607. The average molecular weight is 289 g/mol. The molecule has 1 amide bonds. The zero-order valence-electron chi connectivity index (χ0n) is 13.0. The van der Waals surface area contributed by atoms with Gasteiger partial charge in [0.15, 0.2) is 0 Å². The molecule has 1 aliphatic heterocycles. The van der Waals surface area contributed by atoms with Gasteiger partial charge in [-0.25, -0.2) is 0 Å². The molecule has 1 aromatic heterocycles. The summed E-state index contributed by atoms with van der Waals surface area (Å²) in [5, 5.41) is 7.30. The zero-order chi connectivity index (χ0) is 14.8. The first kappa shape index (κ1) is 13.3. The molecule has 1 N–H and O–H groups in total. The van der Waals surface area contributed by atoms with E-state index < -0.39 is 0 Å². The first-order valence-electron chi connectivity index (χ1n) is 7.90. The average Bonchev–Trinajstić information content (AvgIpc) is 2.72. The SMILES string of the molecule is CN1CCc2noc(C(=O)NC3CCC4(C)CC34C)c2C1. The topological polar surface area (TPSA) is 58.4 Å². The van der Waals surface area contributed by atoms with E-state index in [0.717, 1.165) is 37.2 Å². The van der Waals surface area contributed by atoms with Crippen LogP contribution in [-0.4, -0.2) is 35.6 Å². The van der Waals surface area contributed by atoms with Gasteiger partial charge in [0.2, 0.25) is 5.76 Å². The molecule has 0 bridgehead atoms. The Morgan fingerprint density at radius 1 is 1.48 bits per heavy atom. The van der Waals surface area contributed by atoms with Crippen molar-refractivity contribution in [2.45, 2.75) is 52.1 Å². The van der Waals surface area contributed by atoms with E-state index in [1.54, 1.807) is 0 Å². The van der Waals surface area contributed by atoms with E-state index in [2.05, 4.69) is 36.3 Å². The van der Waals surface area contributed by atoms with Gasteiger partial charge in [-0.2, -0.15) is 0 Å². The fraction of sp³-hybridized carbons (Fsp3) is 0.750. The highest BCUT2D eigenvalue weighted by Gasteiger charge is 2.68. The van der Waals surface area contributed by atoms with E-state index in [4.69, 9.17) is 4.52 Å². The fourth-order valence-electron chi connectivity index (χ4n) is 4.45. The van der Waals surface area contributed by atoms with Gasteiger partial charge in [0.1, 0.15) is 0 Å². The first-order chi connectivity index (χ1) is 9.93. The summed E-state index contributed by atoms with van der Waals surface area (Å²) in [6.45, 7) is 6.36. The summed E-state index contributed by atoms with van der Waals surface area (Å²) < 4.78 is 5.36. The molecule has 2 saturated carbocycles. The number of nitrogens with one attached hydrogen (secondary N) is 1. The molecule has 4 rings (SSSR count). The highest BCUT2D eigenvalue weighted by molar-refractivity contribution is 5.93. The maximum atomic E-state index is 12.6. The summed E-state index contributed by atoms with van der Waals surface area (Å²) >= 11 is 0. The summed E-state index contributed by atoms with van der Waals surface area (Å²) in [6.07, 6.45) is 4.38. The van der Waals surface area contributed by atoms with Gasteiger partial charge in [-0.05, 0) is 37.1 Å². The molecule has 2 aliphatic carbocycles. The Kier molecular flexibility index (Phi) is 2.60. The van der Waals surface area contributed by atoms with Crippen LogP contribution in [0.3, 0.4) is 0 Å². The summed E-state index contributed by atoms with van der Waals surface area (Å²) in [4.78, 5) is 14.8. The lowest BCUT2D eigenvalue weighted by molar-refractivity contribution is 0.0882. The minimum absolute atomic E-state index is 0.0820. The number of likely N-dealkylation sites (N-methyl/N-ethyl adjacent to an activating group) is 1. The maximum absolute atomic E-state index is 12.6. The van der Waals surface area contributed by atoms with Gasteiger partial charge in [-0.3, -0.25) is 4.79 Å². The molecule has 5 heteroatoms. The number of hydrogen-bond acceptors (Lipinski definition) is 4. The van der Waals surface area contributed by atoms with Gasteiger partial charge in [-0.1, -0.05) is 19.0 Å². The third-order valence-electron chi connectivity index (χ3n) is 6.30. The van der Waals surface area contributed by atoms with Crippen molar-refractivity contribution in [3.8, 4) is 0 Å². The van der Waals surface area contributed by atoms with Crippen LogP contribution >= 0.6 is 0 Å². The predicted molar refractivity (Wildman–Crippen MR) is 77.9 cm³/mol. The quantitative estimate of drug-likeness (QED) is 0.904. The smallest absolute Gasteiger partial charge is 0.290 e. The molecule has 3 atom stereocenters. The molecular formula is C16H23N3O2. The normalized spacial score (nSPS) is 38.0. The molecule has 0 aromatic carbocycles. The molecule has 21 heavy (non-hydrogen) atoms. The standard InChI is InChI=1S/C16H23N3O2/c1-15-6-4-12(16(15,2)9-15)17-14(20)13-10-8-19(3)7-5-11(10)18-21-13/h12H,4-9H2,1-3H3,(H,17,20). The van der Waals surface area contributed by atoms with Gasteiger partial charge < -0.3 is 14.7 Å². The third kappa shape index (κ3) is 1.79. The van der Waals surface area contributed by atoms with Gasteiger partial charge in [-0.15, -0.1) is 0 Å². The number of carbonyl (C=O) groups is 1. The van der Waals surface area contributed by atoms with Crippen molar-refractivity contribution in [2.75, 3.05) is 13.6 Å². The van der Waals surface area contributed by atoms with Crippen LogP contribution in [0.5, 0.6) is 0 Å². The van der Waals surface area contributed by atoms with Crippen molar-refractivity contribution >= 4 is 5.91 Å². The minimum atomic E-state index is -0.0820. The summed E-state index contributed by atoms with van der Waals surface area (Å²) in [7, 11) is 2.06. The predicted octanol–water partition coefficient (Wildman–Crippen LogP) is 1.97. The van der Waals surface area contributed by atoms with E-state index in [1.165, 1.54) is 12.8 Å². The number of amides is 1. The molecule has 0 saturated heterocycles. The van der Waals surface area contributed by atoms with Gasteiger partial charge >= 0.3 is 0 Å². The molecule has 3 aliphatic rings.